The van der Waals surface area contributed by atoms with E-state index in [1.165, 1.54) is 11.1 Å². The van der Waals surface area contributed by atoms with Crippen LogP contribution >= 0.6 is 0 Å². The Kier molecular flexibility index (Phi) is 5.89. The van der Waals surface area contributed by atoms with Gasteiger partial charge in [0.1, 0.15) is 5.76 Å². The highest BCUT2D eigenvalue weighted by atomic mass is 16.3. The number of hydrogen-bond donors (Lipinski definition) is 1. The predicted molar refractivity (Wildman–Crippen MR) is 96.0 cm³/mol. The third-order valence-corrected chi connectivity index (χ3v) is 4.90. The molecule has 1 aromatic carbocycles. The van der Waals surface area contributed by atoms with Gasteiger partial charge >= 0.3 is 0 Å². The van der Waals surface area contributed by atoms with E-state index < -0.39 is 0 Å². The van der Waals surface area contributed by atoms with Crippen molar-refractivity contribution in [2.45, 2.75) is 31.8 Å². The Morgan fingerprint density at radius 3 is 2.88 bits per heavy atom. The molecule has 134 valence electrons. The second-order valence-corrected chi connectivity index (χ2v) is 6.63. The van der Waals surface area contributed by atoms with Gasteiger partial charge in [-0.05, 0) is 42.5 Å². The highest BCUT2D eigenvalue weighted by molar-refractivity contribution is 5.78. The second kappa shape index (κ2) is 8.32. The maximum Gasteiger partial charge on any atom is 0.236 e. The van der Waals surface area contributed by atoms with Gasteiger partial charge in [-0.25, -0.2) is 0 Å². The van der Waals surface area contributed by atoms with Gasteiger partial charge < -0.3 is 14.4 Å². The molecule has 1 unspecified atom stereocenters. The van der Waals surface area contributed by atoms with Crippen LogP contribution in [0.15, 0.2) is 47.1 Å². The first-order valence-corrected chi connectivity index (χ1v) is 8.88. The van der Waals surface area contributed by atoms with Crippen molar-refractivity contribution >= 4 is 5.91 Å². The lowest BCUT2D eigenvalue weighted by molar-refractivity contribution is -0.132. The Hall–Kier alpha value is -2.11. The van der Waals surface area contributed by atoms with E-state index in [9.17, 15) is 9.90 Å². The zero-order chi connectivity index (χ0) is 17.6. The topological polar surface area (TPSA) is 56.9 Å². The van der Waals surface area contributed by atoms with Crippen molar-refractivity contribution in [3.8, 4) is 0 Å². The molecule has 1 atom stereocenters. The molecule has 0 saturated carbocycles. The molecule has 2 aromatic rings. The number of aliphatic hydroxyl groups is 1. The first-order valence-electron chi connectivity index (χ1n) is 8.88. The van der Waals surface area contributed by atoms with Crippen molar-refractivity contribution < 1.29 is 14.3 Å². The Morgan fingerprint density at radius 2 is 2.12 bits per heavy atom. The second-order valence-electron chi connectivity index (χ2n) is 6.63. The van der Waals surface area contributed by atoms with E-state index in [1.807, 2.05) is 12.1 Å². The van der Waals surface area contributed by atoms with Crippen molar-refractivity contribution in [3.63, 3.8) is 0 Å². The molecule has 0 saturated heterocycles. The van der Waals surface area contributed by atoms with E-state index in [-0.39, 0.29) is 18.6 Å². The van der Waals surface area contributed by atoms with Crippen molar-refractivity contribution in [2.75, 3.05) is 26.7 Å². The molecule has 1 heterocycles. The molecule has 0 radical (unpaired) electrons. The van der Waals surface area contributed by atoms with Crippen LogP contribution in [0.25, 0.3) is 0 Å². The van der Waals surface area contributed by atoms with Gasteiger partial charge in [-0.1, -0.05) is 24.3 Å². The number of amides is 1. The molecule has 0 fully saturated rings. The van der Waals surface area contributed by atoms with Crippen molar-refractivity contribution in [1.29, 1.82) is 0 Å². The van der Waals surface area contributed by atoms with E-state index in [2.05, 4.69) is 29.2 Å². The van der Waals surface area contributed by atoms with Gasteiger partial charge in [-0.2, -0.15) is 0 Å². The number of carbonyl (C=O) groups excluding carboxylic acids is 1. The number of hydrogen-bond acceptors (Lipinski definition) is 4. The Labute approximate surface area is 148 Å². The van der Waals surface area contributed by atoms with Gasteiger partial charge in [0.25, 0.3) is 0 Å². The summed E-state index contributed by atoms with van der Waals surface area (Å²) in [6.45, 7) is 1.31. The van der Waals surface area contributed by atoms with Crippen LogP contribution in [0, 0.1) is 0 Å². The standard InChI is InChI=1S/C20H26N2O3/c1-21(14-17-8-5-13-25-17)20(24)15-22(11-12-23)19-10-4-7-16-6-2-3-9-18(16)19/h2-3,5-6,8-9,13,19,23H,4,7,10-12,14-15H2,1H3. The number of rotatable bonds is 7. The van der Waals surface area contributed by atoms with Crippen LogP contribution in [0.1, 0.15) is 35.8 Å². The fourth-order valence-corrected chi connectivity index (χ4v) is 3.60. The van der Waals surface area contributed by atoms with Crippen molar-refractivity contribution in [1.82, 2.24) is 9.80 Å². The van der Waals surface area contributed by atoms with Crippen LogP contribution in [0.2, 0.25) is 0 Å². The number of fused-ring (bicyclic) bond motifs is 1. The SMILES string of the molecule is CN(Cc1ccco1)C(=O)CN(CCO)C1CCCc2ccccc21. The molecule has 0 spiro atoms. The first-order chi connectivity index (χ1) is 12.2. The average Bonchev–Trinajstić information content (AvgIpc) is 3.13. The van der Waals surface area contributed by atoms with Gasteiger partial charge in [0, 0.05) is 19.6 Å². The number of likely N-dealkylation sites (N-methyl/N-ethyl adjacent to an activating group) is 1. The minimum absolute atomic E-state index is 0.0351. The quantitative estimate of drug-likeness (QED) is 0.840. The lowest BCUT2D eigenvalue weighted by atomic mass is 9.86. The number of aryl methyl sites for hydroxylation is 1. The zero-order valence-electron chi connectivity index (χ0n) is 14.7. The Bertz CT molecular complexity index is 684. The van der Waals surface area contributed by atoms with Gasteiger partial charge in [-0.3, -0.25) is 9.69 Å². The molecule has 1 amide bonds. The van der Waals surface area contributed by atoms with Crippen LogP contribution in [0.4, 0.5) is 0 Å². The number of benzene rings is 1. The molecule has 0 aliphatic heterocycles. The summed E-state index contributed by atoms with van der Waals surface area (Å²) in [4.78, 5) is 16.5. The number of carbonyl (C=O) groups is 1. The maximum absolute atomic E-state index is 12.7. The summed E-state index contributed by atoms with van der Waals surface area (Å²) in [5, 5.41) is 9.49. The molecule has 25 heavy (non-hydrogen) atoms. The van der Waals surface area contributed by atoms with E-state index in [0.29, 0.717) is 19.6 Å². The molecular formula is C20H26N2O3. The molecule has 5 heteroatoms. The summed E-state index contributed by atoms with van der Waals surface area (Å²) >= 11 is 0. The molecule has 0 bridgehead atoms. The van der Waals surface area contributed by atoms with Crippen LogP contribution < -0.4 is 0 Å². The number of furan rings is 1. The van der Waals surface area contributed by atoms with Gasteiger partial charge in [-0.15, -0.1) is 0 Å². The van der Waals surface area contributed by atoms with Crippen molar-refractivity contribution in [3.05, 3.63) is 59.5 Å². The Morgan fingerprint density at radius 1 is 1.28 bits per heavy atom. The number of aliphatic hydroxyl groups excluding tert-OH is 1. The summed E-state index contributed by atoms with van der Waals surface area (Å²) in [6.07, 6.45) is 4.84. The smallest absolute Gasteiger partial charge is 0.236 e. The highest BCUT2D eigenvalue weighted by Crippen LogP contribution is 2.34. The highest BCUT2D eigenvalue weighted by Gasteiger charge is 2.27. The van der Waals surface area contributed by atoms with Crippen LogP contribution in [0.3, 0.4) is 0 Å². The molecule has 1 aliphatic carbocycles. The summed E-state index contributed by atoms with van der Waals surface area (Å²) in [7, 11) is 1.79. The fourth-order valence-electron chi connectivity index (χ4n) is 3.60. The average molecular weight is 342 g/mol. The van der Waals surface area contributed by atoms with E-state index in [4.69, 9.17) is 4.42 Å². The van der Waals surface area contributed by atoms with Crippen molar-refractivity contribution in [2.24, 2.45) is 0 Å². The van der Waals surface area contributed by atoms with Crippen LogP contribution in [0.5, 0.6) is 0 Å². The third kappa shape index (κ3) is 4.30. The normalized spacial score (nSPS) is 16.7. The van der Waals surface area contributed by atoms with Gasteiger partial charge in [0.15, 0.2) is 0 Å². The lowest BCUT2D eigenvalue weighted by Gasteiger charge is -2.36. The summed E-state index contributed by atoms with van der Waals surface area (Å²) in [6, 6.07) is 12.3. The first kappa shape index (κ1) is 17.7. The fraction of sp³-hybridized carbons (Fsp3) is 0.450. The van der Waals surface area contributed by atoms with E-state index >= 15 is 0 Å². The monoisotopic (exact) mass is 342 g/mol. The van der Waals surface area contributed by atoms with Crippen LogP contribution in [-0.2, 0) is 17.8 Å². The predicted octanol–water partition coefficient (Wildman–Crippen LogP) is 2.61. The summed E-state index contributed by atoms with van der Waals surface area (Å²) < 4.78 is 5.32. The minimum atomic E-state index is 0.0351. The molecule has 3 rings (SSSR count). The molecular weight excluding hydrogens is 316 g/mol. The molecule has 1 N–H and O–H groups in total. The molecule has 1 aliphatic rings. The Balaban J connectivity index is 1.70. The minimum Gasteiger partial charge on any atom is -0.467 e. The summed E-state index contributed by atoms with van der Waals surface area (Å²) in [5.74, 6) is 0.806. The van der Waals surface area contributed by atoms with E-state index in [1.54, 1.807) is 18.2 Å². The summed E-state index contributed by atoms with van der Waals surface area (Å²) in [5.41, 5.74) is 2.65. The maximum atomic E-state index is 12.7. The van der Waals surface area contributed by atoms with Crippen LogP contribution in [-0.4, -0.2) is 47.6 Å². The lowest BCUT2D eigenvalue weighted by Crippen LogP contribution is -2.42. The third-order valence-electron chi connectivity index (χ3n) is 4.90. The zero-order valence-corrected chi connectivity index (χ0v) is 14.7. The number of nitrogens with zero attached hydrogens (tertiary/aromatic N) is 2. The van der Waals surface area contributed by atoms with Gasteiger partial charge in [0.05, 0.1) is 26.0 Å². The van der Waals surface area contributed by atoms with E-state index in [0.717, 1.165) is 25.0 Å². The molecule has 1 aromatic heterocycles. The van der Waals surface area contributed by atoms with Gasteiger partial charge in [0.2, 0.25) is 5.91 Å². The largest absolute Gasteiger partial charge is 0.467 e. The molecule has 5 nitrogen and oxygen atoms in total.